The van der Waals surface area contributed by atoms with E-state index >= 15 is 0 Å². The summed E-state index contributed by atoms with van der Waals surface area (Å²) in [6, 6.07) is 7.74. The Morgan fingerprint density at radius 2 is 1.83 bits per heavy atom. The number of ether oxygens (including phenoxy) is 1. The van der Waals surface area contributed by atoms with Gasteiger partial charge in [-0.1, -0.05) is 12.1 Å². The van der Waals surface area contributed by atoms with Crippen molar-refractivity contribution in [2.75, 3.05) is 39.6 Å². The number of methoxy groups -OCH3 is 1. The van der Waals surface area contributed by atoms with Crippen molar-refractivity contribution in [3.8, 4) is 5.75 Å². The molecule has 0 saturated carbocycles. The van der Waals surface area contributed by atoms with Gasteiger partial charge in [0.05, 0.1) is 12.7 Å². The van der Waals surface area contributed by atoms with Crippen molar-refractivity contribution >= 4 is 11.9 Å². The normalized spacial score (nSPS) is 10.5. The van der Waals surface area contributed by atoms with E-state index in [1.54, 1.807) is 7.11 Å². The maximum Gasteiger partial charge on any atom is 0.254 e. The summed E-state index contributed by atoms with van der Waals surface area (Å²) in [6.45, 7) is 1.97. The molecule has 0 spiro atoms. The number of benzene rings is 1. The Morgan fingerprint density at radius 3 is 2.42 bits per heavy atom. The summed E-state index contributed by atoms with van der Waals surface area (Å²) in [5, 5.41) is 5.95. The second kappa shape index (κ2) is 8.83. The maximum absolute atomic E-state index is 11.9. The van der Waals surface area contributed by atoms with Gasteiger partial charge >= 0.3 is 0 Å². The molecule has 0 unspecified atom stereocenters. The van der Waals surface area contributed by atoms with E-state index in [1.807, 2.05) is 43.3 Å². The summed E-state index contributed by atoms with van der Waals surface area (Å²) in [5.74, 6) is 1.13. The van der Waals surface area contributed by atoms with E-state index in [1.165, 1.54) is 12.4 Å². The first kappa shape index (κ1) is 17.7. The average molecular weight is 329 g/mol. The van der Waals surface area contributed by atoms with Crippen LogP contribution in [-0.2, 0) is 6.54 Å². The van der Waals surface area contributed by atoms with Crippen LogP contribution in [0.1, 0.15) is 15.9 Å². The fourth-order valence-corrected chi connectivity index (χ4v) is 1.96. The summed E-state index contributed by atoms with van der Waals surface area (Å²) >= 11 is 0. The number of amides is 1. The molecule has 0 saturated heterocycles. The van der Waals surface area contributed by atoms with Gasteiger partial charge in [0.25, 0.3) is 5.91 Å². The third-order valence-electron chi connectivity index (χ3n) is 3.37. The zero-order valence-corrected chi connectivity index (χ0v) is 14.2. The van der Waals surface area contributed by atoms with Gasteiger partial charge in [-0.05, 0) is 31.8 Å². The molecule has 0 aliphatic rings. The van der Waals surface area contributed by atoms with Gasteiger partial charge in [-0.3, -0.25) is 4.79 Å². The molecule has 1 amide bonds. The molecule has 128 valence electrons. The number of nitrogens with one attached hydrogen (secondary N) is 2. The highest BCUT2D eigenvalue weighted by atomic mass is 16.5. The van der Waals surface area contributed by atoms with Gasteiger partial charge in [0.15, 0.2) is 0 Å². The molecule has 1 heterocycles. The van der Waals surface area contributed by atoms with Crippen LogP contribution in [0.5, 0.6) is 5.75 Å². The van der Waals surface area contributed by atoms with Crippen molar-refractivity contribution in [2.24, 2.45) is 0 Å². The molecule has 2 rings (SSSR count). The lowest BCUT2D eigenvalue weighted by Gasteiger charge is -2.10. The summed E-state index contributed by atoms with van der Waals surface area (Å²) in [6.07, 6.45) is 3.04. The lowest BCUT2D eigenvalue weighted by Crippen LogP contribution is -2.31. The van der Waals surface area contributed by atoms with Gasteiger partial charge in [0.1, 0.15) is 5.75 Å². The second-order valence-corrected chi connectivity index (χ2v) is 5.56. The van der Waals surface area contributed by atoms with Crippen molar-refractivity contribution in [1.82, 2.24) is 20.2 Å². The van der Waals surface area contributed by atoms with Crippen molar-refractivity contribution < 1.29 is 9.53 Å². The van der Waals surface area contributed by atoms with Crippen LogP contribution in [0.25, 0.3) is 0 Å². The first-order valence-corrected chi connectivity index (χ1v) is 7.70. The Hall–Kier alpha value is -2.67. The van der Waals surface area contributed by atoms with E-state index in [4.69, 9.17) is 4.74 Å². The highest BCUT2D eigenvalue weighted by Gasteiger charge is 2.06. The Morgan fingerprint density at radius 1 is 1.17 bits per heavy atom. The zero-order chi connectivity index (χ0) is 17.4. The smallest absolute Gasteiger partial charge is 0.254 e. The molecule has 0 aliphatic carbocycles. The van der Waals surface area contributed by atoms with Crippen molar-refractivity contribution in [3.05, 3.63) is 47.8 Å². The zero-order valence-electron chi connectivity index (χ0n) is 14.2. The number of hydrogen-bond acceptors (Lipinski definition) is 6. The van der Waals surface area contributed by atoms with Crippen LogP contribution in [-0.4, -0.2) is 55.1 Å². The first-order chi connectivity index (χ1) is 11.6. The molecule has 1 aromatic heterocycles. The van der Waals surface area contributed by atoms with E-state index in [0.717, 1.165) is 17.9 Å². The number of hydrogen-bond donors (Lipinski definition) is 2. The number of anilines is 1. The van der Waals surface area contributed by atoms with Crippen molar-refractivity contribution in [1.29, 1.82) is 0 Å². The maximum atomic E-state index is 11.9. The summed E-state index contributed by atoms with van der Waals surface area (Å²) in [4.78, 5) is 22.3. The predicted molar refractivity (Wildman–Crippen MR) is 93.2 cm³/mol. The van der Waals surface area contributed by atoms with Crippen LogP contribution < -0.4 is 15.4 Å². The number of carbonyl (C=O) groups is 1. The second-order valence-electron chi connectivity index (χ2n) is 5.56. The van der Waals surface area contributed by atoms with E-state index in [0.29, 0.717) is 24.6 Å². The van der Waals surface area contributed by atoms with Crippen LogP contribution in [0.3, 0.4) is 0 Å². The van der Waals surface area contributed by atoms with E-state index in [2.05, 4.69) is 20.6 Å². The lowest BCUT2D eigenvalue weighted by atomic mass is 10.2. The summed E-state index contributed by atoms with van der Waals surface area (Å²) in [7, 11) is 5.55. The minimum Gasteiger partial charge on any atom is -0.497 e. The fourth-order valence-electron chi connectivity index (χ4n) is 1.96. The first-order valence-electron chi connectivity index (χ1n) is 7.70. The highest BCUT2D eigenvalue weighted by molar-refractivity contribution is 5.93. The number of likely N-dealkylation sites (N-methyl/N-ethyl adjacent to an activating group) is 1. The molecular weight excluding hydrogens is 306 g/mol. The Kier molecular flexibility index (Phi) is 6.51. The lowest BCUT2D eigenvalue weighted by molar-refractivity contribution is 0.0950. The molecule has 2 aromatic rings. The summed E-state index contributed by atoms with van der Waals surface area (Å²) < 4.78 is 5.12. The molecule has 0 atom stereocenters. The van der Waals surface area contributed by atoms with Crippen LogP contribution in [0.15, 0.2) is 36.7 Å². The number of nitrogens with zero attached hydrogens (tertiary/aromatic N) is 3. The largest absolute Gasteiger partial charge is 0.497 e. The standard InChI is InChI=1S/C17H23N5O2/c1-22(2)9-8-18-16(23)14-11-20-17(21-12-14)19-10-13-4-6-15(24-3)7-5-13/h4-7,11-12H,8-10H2,1-3H3,(H,18,23)(H,19,20,21). The van der Waals surface area contributed by atoms with Crippen LogP contribution in [0, 0.1) is 0 Å². The Bertz CT molecular complexity index is 641. The molecule has 0 aliphatic heterocycles. The number of aromatic nitrogens is 2. The molecule has 0 fully saturated rings. The van der Waals surface area contributed by atoms with E-state index in [9.17, 15) is 4.79 Å². The van der Waals surface area contributed by atoms with Crippen LogP contribution >= 0.6 is 0 Å². The molecule has 0 radical (unpaired) electrons. The van der Waals surface area contributed by atoms with Crippen LogP contribution in [0.2, 0.25) is 0 Å². The molecule has 7 nitrogen and oxygen atoms in total. The quantitative estimate of drug-likeness (QED) is 0.762. The van der Waals surface area contributed by atoms with Crippen LogP contribution in [0.4, 0.5) is 5.95 Å². The van der Waals surface area contributed by atoms with Crippen molar-refractivity contribution in [2.45, 2.75) is 6.54 Å². The average Bonchev–Trinajstić information content (AvgIpc) is 2.60. The predicted octanol–water partition coefficient (Wildman–Crippen LogP) is 1.39. The van der Waals surface area contributed by atoms with Gasteiger partial charge in [-0.15, -0.1) is 0 Å². The molecular formula is C17H23N5O2. The van der Waals surface area contributed by atoms with Gasteiger partial charge < -0.3 is 20.3 Å². The highest BCUT2D eigenvalue weighted by Crippen LogP contribution is 2.12. The number of rotatable bonds is 8. The molecule has 7 heteroatoms. The molecule has 0 bridgehead atoms. The van der Waals surface area contributed by atoms with E-state index < -0.39 is 0 Å². The van der Waals surface area contributed by atoms with Gasteiger partial charge in [0.2, 0.25) is 5.95 Å². The Labute approximate surface area is 142 Å². The monoisotopic (exact) mass is 329 g/mol. The van der Waals surface area contributed by atoms with Crippen molar-refractivity contribution in [3.63, 3.8) is 0 Å². The van der Waals surface area contributed by atoms with Gasteiger partial charge in [-0.2, -0.15) is 0 Å². The third kappa shape index (κ3) is 5.51. The molecule has 24 heavy (non-hydrogen) atoms. The van der Waals surface area contributed by atoms with E-state index in [-0.39, 0.29) is 5.91 Å². The number of carbonyl (C=O) groups excluding carboxylic acids is 1. The summed E-state index contributed by atoms with van der Waals surface area (Å²) in [5.41, 5.74) is 1.54. The molecule has 2 N–H and O–H groups in total. The third-order valence-corrected chi connectivity index (χ3v) is 3.37. The SMILES string of the molecule is COc1ccc(CNc2ncc(C(=O)NCCN(C)C)cn2)cc1. The van der Waals surface area contributed by atoms with Gasteiger partial charge in [-0.25, -0.2) is 9.97 Å². The minimum absolute atomic E-state index is 0.168. The Balaban J connectivity index is 1.83. The fraction of sp³-hybridized carbons (Fsp3) is 0.353. The topological polar surface area (TPSA) is 79.4 Å². The minimum atomic E-state index is -0.168. The van der Waals surface area contributed by atoms with Gasteiger partial charge in [0, 0.05) is 32.0 Å². The molecule has 1 aromatic carbocycles.